The number of carbonyl (C=O) groups is 1. The maximum absolute atomic E-state index is 13.7. The van der Waals surface area contributed by atoms with Gasteiger partial charge in [-0.05, 0) is 81.8 Å². The molecular weight excluding hydrogens is 530 g/mol. The number of carbonyl (C=O) groups excluding carboxylic acids is 1. The minimum absolute atomic E-state index is 0.0198. The van der Waals surface area contributed by atoms with E-state index in [1.54, 1.807) is 24.3 Å². The van der Waals surface area contributed by atoms with Crippen LogP contribution in [0.1, 0.15) is 69.2 Å². The first-order chi connectivity index (χ1) is 18.3. The third-order valence-corrected chi connectivity index (χ3v) is 9.71. The van der Waals surface area contributed by atoms with Crippen LogP contribution < -0.4 is 0 Å². The first-order valence-electron chi connectivity index (χ1n) is 13.8. The maximum atomic E-state index is 13.7. The van der Waals surface area contributed by atoms with Crippen molar-refractivity contribution in [2.45, 2.75) is 75.7 Å². The van der Waals surface area contributed by atoms with Gasteiger partial charge in [-0.1, -0.05) is 29.8 Å². The third kappa shape index (κ3) is 5.44. The number of likely N-dealkylation sites (tertiary alicyclic amines) is 1. The Kier molecular flexibility index (Phi) is 7.53. The van der Waals surface area contributed by atoms with Crippen LogP contribution in [0.2, 0.25) is 5.02 Å². The highest BCUT2D eigenvalue weighted by Gasteiger charge is 2.54. The zero-order chi connectivity index (χ0) is 28.2. The largest absolute Gasteiger partial charge is 0.416 e. The molecule has 2 saturated heterocycles. The Balaban J connectivity index is 1.18. The Hall–Kier alpha value is -2.16. The molecular formula is C30H36ClF4N3O. The number of alkyl halides is 3. The molecule has 9 heteroatoms. The summed E-state index contributed by atoms with van der Waals surface area (Å²) in [7, 11) is 0. The van der Waals surface area contributed by atoms with Gasteiger partial charge in [0, 0.05) is 50.3 Å². The highest BCUT2D eigenvalue weighted by atomic mass is 35.5. The molecule has 39 heavy (non-hydrogen) atoms. The van der Waals surface area contributed by atoms with E-state index in [1.807, 2.05) is 4.90 Å². The molecule has 2 unspecified atom stereocenters. The van der Waals surface area contributed by atoms with E-state index in [-0.39, 0.29) is 28.6 Å². The predicted molar refractivity (Wildman–Crippen MR) is 144 cm³/mol. The van der Waals surface area contributed by atoms with Crippen molar-refractivity contribution in [2.75, 3.05) is 32.7 Å². The van der Waals surface area contributed by atoms with Gasteiger partial charge in [-0.15, -0.1) is 0 Å². The molecule has 0 spiro atoms. The topological polar surface area (TPSA) is 26.8 Å². The van der Waals surface area contributed by atoms with Gasteiger partial charge in [0.25, 0.3) is 0 Å². The molecule has 2 aliphatic heterocycles. The van der Waals surface area contributed by atoms with Gasteiger partial charge in [-0.3, -0.25) is 14.6 Å². The van der Waals surface area contributed by atoms with Crippen LogP contribution >= 0.6 is 11.6 Å². The zero-order valence-corrected chi connectivity index (χ0v) is 23.5. The van der Waals surface area contributed by atoms with Crippen LogP contribution in [0.4, 0.5) is 17.6 Å². The summed E-state index contributed by atoms with van der Waals surface area (Å²) in [5.41, 5.74) is 0.477. The minimum Gasteiger partial charge on any atom is -0.342 e. The molecule has 2 heterocycles. The lowest BCUT2D eigenvalue weighted by atomic mass is 9.85. The van der Waals surface area contributed by atoms with Crippen molar-refractivity contribution in [3.05, 3.63) is 70.0 Å². The second kappa shape index (κ2) is 10.3. The Bertz CT molecular complexity index is 1210. The Morgan fingerprint density at radius 2 is 1.64 bits per heavy atom. The van der Waals surface area contributed by atoms with E-state index < -0.39 is 23.0 Å². The molecule has 5 rings (SSSR count). The Morgan fingerprint density at radius 1 is 1.00 bits per heavy atom. The number of rotatable bonds is 5. The van der Waals surface area contributed by atoms with Crippen molar-refractivity contribution < 1.29 is 22.4 Å². The fraction of sp³-hybridized carbons (Fsp3) is 0.567. The second-order valence-electron chi connectivity index (χ2n) is 11.8. The fourth-order valence-electron chi connectivity index (χ4n) is 6.53. The van der Waals surface area contributed by atoms with Crippen LogP contribution in [0.15, 0.2) is 42.5 Å². The second-order valence-corrected chi connectivity index (χ2v) is 12.2. The van der Waals surface area contributed by atoms with Crippen molar-refractivity contribution in [2.24, 2.45) is 0 Å². The van der Waals surface area contributed by atoms with Gasteiger partial charge >= 0.3 is 6.18 Å². The number of piperazine rings is 1. The molecule has 0 aromatic heterocycles. The summed E-state index contributed by atoms with van der Waals surface area (Å²) in [6, 6.07) is 10.4. The molecule has 1 saturated carbocycles. The van der Waals surface area contributed by atoms with Crippen molar-refractivity contribution in [3.8, 4) is 0 Å². The number of halogens is 5. The van der Waals surface area contributed by atoms with Crippen molar-refractivity contribution >= 4 is 17.5 Å². The van der Waals surface area contributed by atoms with Crippen molar-refractivity contribution in [1.82, 2.24) is 14.7 Å². The molecule has 2 aromatic carbocycles. The van der Waals surface area contributed by atoms with E-state index in [0.29, 0.717) is 13.1 Å². The van der Waals surface area contributed by atoms with E-state index in [9.17, 15) is 22.4 Å². The summed E-state index contributed by atoms with van der Waals surface area (Å²) in [6.45, 7) is 10.5. The maximum Gasteiger partial charge on any atom is 0.416 e. The summed E-state index contributed by atoms with van der Waals surface area (Å²) in [5.74, 6) is -0.351. The molecule has 2 atom stereocenters. The number of piperidine rings is 1. The van der Waals surface area contributed by atoms with Crippen LogP contribution in [0.5, 0.6) is 0 Å². The molecule has 2 aromatic rings. The van der Waals surface area contributed by atoms with Gasteiger partial charge in [-0.2, -0.15) is 13.2 Å². The van der Waals surface area contributed by atoms with Gasteiger partial charge in [0.05, 0.1) is 16.0 Å². The van der Waals surface area contributed by atoms with Crippen LogP contribution in [0, 0.1) is 5.82 Å². The van der Waals surface area contributed by atoms with Crippen molar-refractivity contribution in [1.29, 1.82) is 0 Å². The third-order valence-electron chi connectivity index (χ3n) is 9.42. The number of hydrogen-bond acceptors (Lipinski definition) is 3. The van der Waals surface area contributed by atoms with Crippen LogP contribution in [0.3, 0.4) is 0 Å². The standard InChI is InChI=1S/C30H36ClF4N3O/c1-20-19-37(16-17-38(20)21(2)22-4-6-23(7-5-22)30(33,34)35)28(3)12-14-36(15-13-28)27(39)29(10-11-29)24-8-9-26(32)25(31)18-24/h4-9,18,20-21H,10-17,19H2,1-3H3. The van der Waals surface area contributed by atoms with Crippen LogP contribution in [0.25, 0.3) is 0 Å². The van der Waals surface area contributed by atoms with Gasteiger partial charge in [0.1, 0.15) is 5.82 Å². The van der Waals surface area contributed by atoms with Crippen molar-refractivity contribution in [3.63, 3.8) is 0 Å². The minimum atomic E-state index is -4.33. The lowest BCUT2D eigenvalue weighted by Gasteiger charge is -2.52. The van der Waals surface area contributed by atoms with Gasteiger partial charge in [0.2, 0.25) is 5.91 Å². The van der Waals surface area contributed by atoms with Gasteiger partial charge in [-0.25, -0.2) is 4.39 Å². The smallest absolute Gasteiger partial charge is 0.342 e. The summed E-state index contributed by atoms with van der Waals surface area (Å²) in [6.07, 6.45) is -1.05. The molecule has 0 radical (unpaired) electrons. The van der Waals surface area contributed by atoms with E-state index in [0.717, 1.165) is 56.4 Å². The number of nitrogens with zero attached hydrogens (tertiary/aromatic N) is 3. The average Bonchev–Trinajstić information content (AvgIpc) is 3.72. The van der Waals surface area contributed by atoms with E-state index in [2.05, 4.69) is 30.6 Å². The normalized spacial score (nSPS) is 24.4. The molecule has 3 aliphatic rings. The summed E-state index contributed by atoms with van der Waals surface area (Å²) in [5, 5.41) is 0.0543. The van der Waals surface area contributed by atoms with E-state index >= 15 is 0 Å². The molecule has 3 fully saturated rings. The molecule has 4 nitrogen and oxygen atoms in total. The fourth-order valence-corrected chi connectivity index (χ4v) is 6.72. The summed E-state index contributed by atoms with van der Waals surface area (Å²) >= 11 is 6.01. The lowest BCUT2D eigenvalue weighted by Crippen LogP contribution is -2.62. The molecule has 0 bridgehead atoms. The zero-order valence-electron chi connectivity index (χ0n) is 22.7. The lowest BCUT2D eigenvalue weighted by molar-refractivity contribution is -0.138. The monoisotopic (exact) mass is 565 g/mol. The predicted octanol–water partition coefficient (Wildman–Crippen LogP) is 6.68. The highest BCUT2D eigenvalue weighted by Crippen LogP contribution is 2.51. The molecule has 1 amide bonds. The average molecular weight is 566 g/mol. The SMILES string of the molecule is CC1CN(C2(C)CCN(C(=O)C3(c4ccc(F)c(Cl)c4)CC3)CC2)CCN1C(C)c1ccc(C(F)(F)F)cc1. The van der Waals surface area contributed by atoms with E-state index in [1.165, 1.54) is 18.2 Å². The Labute approximate surface area is 232 Å². The molecule has 0 N–H and O–H groups in total. The number of hydrogen-bond donors (Lipinski definition) is 0. The number of amides is 1. The number of benzene rings is 2. The quantitative estimate of drug-likeness (QED) is 0.379. The molecule has 212 valence electrons. The van der Waals surface area contributed by atoms with Crippen LogP contribution in [-0.4, -0.2) is 64.9 Å². The first kappa shape index (κ1) is 28.4. The van der Waals surface area contributed by atoms with E-state index in [4.69, 9.17) is 11.6 Å². The highest BCUT2D eigenvalue weighted by molar-refractivity contribution is 6.30. The summed E-state index contributed by atoms with van der Waals surface area (Å²) < 4.78 is 52.6. The summed E-state index contributed by atoms with van der Waals surface area (Å²) in [4.78, 5) is 20.4. The molecule has 1 aliphatic carbocycles. The van der Waals surface area contributed by atoms with Crippen LogP contribution in [-0.2, 0) is 16.4 Å². The Morgan fingerprint density at radius 3 is 2.18 bits per heavy atom. The first-order valence-corrected chi connectivity index (χ1v) is 14.1. The van der Waals surface area contributed by atoms with Gasteiger partial charge < -0.3 is 4.90 Å². The van der Waals surface area contributed by atoms with Gasteiger partial charge in [0.15, 0.2) is 0 Å².